The van der Waals surface area contributed by atoms with Crippen molar-refractivity contribution < 1.29 is 4.79 Å². The van der Waals surface area contributed by atoms with Crippen molar-refractivity contribution in [2.45, 2.75) is 13.3 Å². The lowest BCUT2D eigenvalue weighted by Crippen LogP contribution is -2.13. The summed E-state index contributed by atoms with van der Waals surface area (Å²) in [5.74, 6) is -0.104. The summed E-state index contributed by atoms with van der Waals surface area (Å²) in [7, 11) is 0. The van der Waals surface area contributed by atoms with Gasteiger partial charge in [0.15, 0.2) is 0 Å². The van der Waals surface area contributed by atoms with Gasteiger partial charge in [-0.25, -0.2) is 9.97 Å². The fourth-order valence-electron chi connectivity index (χ4n) is 1.24. The van der Waals surface area contributed by atoms with Crippen LogP contribution in [0.4, 0.5) is 5.82 Å². The minimum atomic E-state index is -0.340. The number of nitrogens with one attached hydrogen (secondary N) is 1. The highest BCUT2D eigenvalue weighted by atomic mass is 35.5. The van der Waals surface area contributed by atoms with E-state index < -0.39 is 0 Å². The van der Waals surface area contributed by atoms with Gasteiger partial charge in [-0.15, -0.1) is 5.10 Å². The molecular formula is C9H7Cl2N5OS. The Bertz CT molecular complexity index is 568. The van der Waals surface area contributed by atoms with Gasteiger partial charge >= 0.3 is 0 Å². The molecule has 0 aliphatic carbocycles. The molecule has 0 bridgehead atoms. The van der Waals surface area contributed by atoms with E-state index in [2.05, 4.69) is 24.9 Å². The highest BCUT2D eigenvalue weighted by Gasteiger charge is 2.16. The summed E-state index contributed by atoms with van der Waals surface area (Å²) in [6.45, 7) is 1.89. The maximum absolute atomic E-state index is 12.0. The molecule has 0 saturated heterocycles. The summed E-state index contributed by atoms with van der Waals surface area (Å²) >= 11 is 12.4. The summed E-state index contributed by atoms with van der Waals surface area (Å²) < 4.78 is 3.74. The maximum atomic E-state index is 12.0. The van der Waals surface area contributed by atoms with Gasteiger partial charge in [0.1, 0.15) is 15.8 Å². The van der Waals surface area contributed by atoms with E-state index in [9.17, 15) is 4.79 Å². The molecule has 0 fully saturated rings. The summed E-state index contributed by atoms with van der Waals surface area (Å²) in [6, 6.07) is 1.41. The lowest BCUT2D eigenvalue weighted by Gasteiger charge is -2.03. The molecule has 2 aromatic heterocycles. The largest absolute Gasteiger partial charge is 0.306 e. The van der Waals surface area contributed by atoms with E-state index in [0.717, 1.165) is 11.5 Å². The molecule has 0 aromatic carbocycles. The normalized spacial score (nSPS) is 10.4. The van der Waals surface area contributed by atoms with Crippen LogP contribution in [0.25, 0.3) is 0 Å². The number of halogens is 2. The standard InChI is InChI=1S/C9H7Cl2N5OS/c1-2-4-7(18-16-15-4)8(17)13-6-3-5(10)12-9(11)14-6/h3H,2H2,1H3,(H,12,13,14,17). The predicted molar refractivity (Wildman–Crippen MR) is 69.3 cm³/mol. The molecule has 0 aliphatic heterocycles. The summed E-state index contributed by atoms with van der Waals surface area (Å²) in [4.78, 5) is 19.9. The number of hydrogen-bond donors (Lipinski definition) is 1. The fraction of sp³-hybridized carbons (Fsp3) is 0.222. The van der Waals surface area contributed by atoms with E-state index in [-0.39, 0.29) is 22.2 Å². The van der Waals surface area contributed by atoms with Crippen LogP contribution >= 0.6 is 34.7 Å². The third-order valence-electron chi connectivity index (χ3n) is 2.01. The Morgan fingerprint density at radius 2 is 2.22 bits per heavy atom. The first-order valence-corrected chi connectivity index (χ1v) is 6.45. The molecule has 2 rings (SSSR count). The van der Waals surface area contributed by atoms with Crippen LogP contribution in [0.5, 0.6) is 0 Å². The van der Waals surface area contributed by atoms with Gasteiger partial charge in [0, 0.05) is 6.07 Å². The number of carbonyl (C=O) groups is 1. The van der Waals surface area contributed by atoms with Crippen molar-refractivity contribution in [1.29, 1.82) is 0 Å². The van der Waals surface area contributed by atoms with E-state index in [1.165, 1.54) is 6.07 Å². The van der Waals surface area contributed by atoms with Crippen LogP contribution in [-0.2, 0) is 6.42 Å². The molecular weight excluding hydrogens is 297 g/mol. The lowest BCUT2D eigenvalue weighted by molar-refractivity contribution is 0.102. The second-order valence-corrected chi connectivity index (χ2v) is 4.68. The molecule has 0 unspecified atom stereocenters. The second-order valence-electron chi connectivity index (χ2n) is 3.20. The smallest absolute Gasteiger partial charge is 0.270 e. The number of anilines is 1. The minimum absolute atomic E-state index is 0.0315. The molecule has 6 nitrogen and oxygen atoms in total. The van der Waals surface area contributed by atoms with Crippen molar-refractivity contribution in [2.24, 2.45) is 0 Å². The zero-order valence-corrected chi connectivity index (χ0v) is 11.5. The van der Waals surface area contributed by atoms with Gasteiger partial charge in [0.25, 0.3) is 5.91 Å². The number of carbonyl (C=O) groups excluding carboxylic acids is 1. The van der Waals surface area contributed by atoms with Crippen LogP contribution in [0.2, 0.25) is 10.4 Å². The monoisotopic (exact) mass is 303 g/mol. The Balaban J connectivity index is 2.21. The van der Waals surface area contributed by atoms with Crippen molar-refractivity contribution in [1.82, 2.24) is 19.6 Å². The summed E-state index contributed by atoms with van der Waals surface area (Å²) in [6.07, 6.45) is 0.630. The van der Waals surface area contributed by atoms with Crippen molar-refractivity contribution in [3.8, 4) is 0 Å². The number of nitrogens with zero attached hydrogens (tertiary/aromatic N) is 4. The number of rotatable bonds is 3. The molecule has 1 N–H and O–H groups in total. The predicted octanol–water partition coefficient (Wildman–Crippen LogP) is 2.45. The van der Waals surface area contributed by atoms with Crippen molar-refractivity contribution in [3.05, 3.63) is 27.1 Å². The van der Waals surface area contributed by atoms with E-state index in [1.54, 1.807) is 0 Å². The quantitative estimate of drug-likeness (QED) is 0.696. The molecule has 0 radical (unpaired) electrons. The molecule has 0 atom stereocenters. The Hall–Kier alpha value is -1.31. The minimum Gasteiger partial charge on any atom is -0.306 e. The van der Waals surface area contributed by atoms with Gasteiger partial charge in [-0.2, -0.15) is 0 Å². The first-order chi connectivity index (χ1) is 8.60. The molecule has 0 saturated carbocycles. The van der Waals surface area contributed by atoms with Crippen molar-refractivity contribution >= 4 is 46.5 Å². The van der Waals surface area contributed by atoms with Crippen LogP contribution in [-0.4, -0.2) is 25.5 Å². The average molecular weight is 304 g/mol. The van der Waals surface area contributed by atoms with Crippen molar-refractivity contribution in [3.63, 3.8) is 0 Å². The van der Waals surface area contributed by atoms with Crippen LogP contribution in [0.15, 0.2) is 6.07 Å². The fourth-order valence-corrected chi connectivity index (χ4v) is 2.29. The lowest BCUT2D eigenvalue weighted by atomic mass is 10.3. The van der Waals surface area contributed by atoms with Crippen LogP contribution < -0.4 is 5.32 Å². The number of hydrogen-bond acceptors (Lipinski definition) is 6. The van der Waals surface area contributed by atoms with Gasteiger partial charge in [-0.1, -0.05) is 23.0 Å². The van der Waals surface area contributed by atoms with E-state index in [4.69, 9.17) is 23.2 Å². The molecule has 9 heteroatoms. The average Bonchev–Trinajstić information content (AvgIpc) is 2.75. The van der Waals surface area contributed by atoms with E-state index >= 15 is 0 Å². The van der Waals surface area contributed by atoms with Crippen molar-refractivity contribution in [2.75, 3.05) is 5.32 Å². The molecule has 1 amide bonds. The molecule has 2 aromatic rings. The Labute approximate surface area is 117 Å². The van der Waals surface area contributed by atoms with Crippen LogP contribution in [0.1, 0.15) is 22.3 Å². The van der Waals surface area contributed by atoms with Gasteiger partial charge in [0.05, 0.1) is 5.69 Å². The first-order valence-electron chi connectivity index (χ1n) is 4.92. The molecule has 94 valence electrons. The Morgan fingerprint density at radius 1 is 1.44 bits per heavy atom. The summed E-state index contributed by atoms with van der Waals surface area (Å²) in [5.41, 5.74) is 0.642. The number of aromatic nitrogens is 4. The van der Waals surface area contributed by atoms with Gasteiger partial charge in [0.2, 0.25) is 5.28 Å². The zero-order chi connectivity index (χ0) is 13.1. The number of aryl methyl sites for hydroxylation is 1. The van der Waals surface area contributed by atoms with Gasteiger partial charge in [-0.3, -0.25) is 4.79 Å². The Morgan fingerprint density at radius 3 is 2.89 bits per heavy atom. The highest BCUT2D eigenvalue weighted by molar-refractivity contribution is 7.08. The van der Waals surface area contributed by atoms with Crippen LogP contribution in [0, 0.1) is 0 Å². The second kappa shape index (κ2) is 5.55. The molecule has 18 heavy (non-hydrogen) atoms. The van der Waals surface area contributed by atoms with Gasteiger partial charge in [-0.05, 0) is 29.6 Å². The maximum Gasteiger partial charge on any atom is 0.270 e. The van der Waals surface area contributed by atoms with E-state index in [1.807, 2.05) is 6.92 Å². The molecule has 0 aliphatic rings. The molecule has 0 spiro atoms. The third kappa shape index (κ3) is 2.92. The first kappa shape index (κ1) is 13.1. The SMILES string of the molecule is CCc1nnsc1C(=O)Nc1cc(Cl)nc(Cl)n1. The molecule has 2 heterocycles. The Kier molecular flexibility index (Phi) is 4.05. The zero-order valence-electron chi connectivity index (χ0n) is 9.15. The van der Waals surface area contributed by atoms with Crippen LogP contribution in [0.3, 0.4) is 0 Å². The van der Waals surface area contributed by atoms with Gasteiger partial charge < -0.3 is 5.32 Å². The van der Waals surface area contributed by atoms with E-state index in [0.29, 0.717) is 17.0 Å². The highest BCUT2D eigenvalue weighted by Crippen LogP contribution is 2.17. The number of amides is 1. The summed E-state index contributed by atoms with van der Waals surface area (Å²) in [5, 5.41) is 6.55. The topological polar surface area (TPSA) is 80.7 Å². The third-order valence-corrected chi connectivity index (χ3v) is 3.14.